The molecule has 4 nitrogen and oxygen atoms in total. The summed E-state index contributed by atoms with van der Waals surface area (Å²) in [7, 11) is 0. The molecule has 1 rings (SSSR count). The van der Waals surface area contributed by atoms with E-state index in [1.165, 1.54) is 5.56 Å². The molecule has 0 aliphatic heterocycles. The first-order valence-electron chi connectivity index (χ1n) is 8.66. The van der Waals surface area contributed by atoms with E-state index >= 15 is 0 Å². The fraction of sp³-hybridized carbons (Fsp3) is 0.579. The van der Waals surface area contributed by atoms with Gasteiger partial charge in [0.2, 0.25) is 11.8 Å². The van der Waals surface area contributed by atoms with E-state index in [9.17, 15) is 9.59 Å². The van der Waals surface area contributed by atoms with Crippen LogP contribution in [0.25, 0.3) is 0 Å². The number of nitrogens with zero attached hydrogens (tertiary/aromatic N) is 1. The van der Waals surface area contributed by atoms with Gasteiger partial charge in [0.15, 0.2) is 0 Å². The van der Waals surface area contributed by atoms with Crippen LogP contribution in [0, 0.1) is 6.92 Å². The topological polar surface area (TPSA) is 49.4 Å². The SMILES string of the molecule is CCCCNC(=O)C(CC)N(Cc1ccc(C)cc1)C(=O)CC. The van der Waals surface area contributed by atoms with Crippen LogP contribution < -0.4 is 5.32 Å². The molecule has 0 fully saturated rings. The largest absolute Gasteiger partial charge is 0.354 e. The summed E-state index contributed by atoms with van der Waals surface area (Å²) in [5, 5.41) is 2.96. The highest BCUT2D eigenvalue weighted by Crippen LogP contribution is 2.14. The number of carbonyl (C=O) groups is 2. The van der Waals surface area contributed by atoms with Crippen LogP contribution in [0.2, 0.25) is 0 Å². The molecule has 0 radical (unpaired) electrons. The van der Waals surface area contributed by atoms with E-state index in [0.717, 1.165) is 18.4 Å². The fourth-order valence-corrected chi connectivity index (χ4v) is 2.52. The molecular weight excluding hydrogens is 288 g/mol. The predicted octanol–water partition coefficient (Wildman–Crippen LogP) is 3.43. The van der Waals surface area contributed by atoms with Crippen LogP contribution in [0.4, 0.5) is 0 Å². The Morgan fingerprint density at radius 2 is 1.78 bits per heavy atom. The smallest absolute Gasteiger partial charge is 0.242 e. The Labute approximate surface area is 140 Å². The number of amides is 2. The van der Waals surface area contributed by atoms with E-state index in [2.05, 4.69) is 12.2 Å². The summed E-state index contributed by atoms with van der Waals surface area (Å²) in [6.45, 7) is 9.07. The molecule has 0 aliphatic rings. The van der Waals surface area contributed by atoms with Gasteiger partial charge >= 0.3 is 0 Å². The van der Waals surface area contributed by atoms with Crippen LogP contribution in [0.15, 0.2) is 24.3 Å². The van der Waals surface area contributed by atoms with E-state index in [-0.39, 0.29) is 11.8 Å². The van der Waals surface area contributed by atoms with Gasteiger partial charge in [0, 0.05) is 19.5 Å². The zero-order chi connectivity index (χ0) is 17.2. The molecule has 0 saturated carbocycles. The Hall–Kier alpha value is -1.84. The monoisotopic (exact) mass is 318 g/mol. The maximum absolute atomic E-state index is 12.5. The van der Waals surface area contributed by atoms with Crippen LogP contribution in [0.1, 0.15) is 57.6 Å². The van der Waals surface area contributed by atoms with Crippen molar-refractivity contribution in [3.8, 4) is 0 Å². The second-order valence-electron chi connectivity index (χ2n) is 5.93. The molecule has 0 bridgehead atoms. The van der Waals surface area contributed by atoms with Crippen molar-refractivity contribution in [3.63, 3.8) is 0 Å². The molecule has 23 heavy (non-hydrogen) atoms. The first kappa shape index (κ1) is 19.2. The van der Waals surface area contributed by atoms with Crippen molar-refractivity contribution in [2.24, 2.45) is 0 Å². The second-order valence-corrected chi connectivity index (χ2v) is 5.93. The van der Waals surface area contributed by atoms with Gasteiger partial charge < -0.3 is 10.2 Å². The predicted molar refractivity (Wildman–Crippen MR) is 94.0 cm³/mol. The maximum Gasteiger partial charge on any atom is 0.242 e. The van der Waals surface area contributed by atoms with Crippen molar-refractivity contribution >= 4 is 11.8 Å². The minimum absolute atomic E-state index is 0.0167. The highest BCUT2D eigenvalue weighted by atomic mass is 16.2. The molecule has 1 aromatic carbocycles. The van der Waals surface area contributed by atoms with E-state index in [1.807, 2.05) is 45.0 Å². The van der Waals surface area contributed by atoms with Gasteiger partial charge in [-0.25, -0.2) is 0 Å². The van der Waals surface area contributed by atoms with Gasteiger partial charge in [-0.3, -0.25) is 9.59 Å². The first-order valence-corrected chi connectivity index (χ1v) is 8.66. The molecule has 4 heteroatoms. The van der Waals surface area contributed by atoms with Crippen molar-refractivity contribution in [2.45, 2.75) is 66.0 Å². The summed E-state index contributed by atoms with van der Waals surface area (Å²) < 4.78 is 0. The minimum atomic E-state index is -0.402. The molecular formula is C19H30N2O2. The quantitative estimate of drug-likeness (QED) is 0.709. The van der Waals surface area contributed by atoms with Crippen molar-refractivity contribution in [3.05, 3.63) is 35.4 Å². The Morgan fingerprint density at radius 1 is 1.13 bits per heavy atom. The van der Waals surface area contributed by atoms with Gasteiger partial charge in [0.05, 0.1) is 0 Å². The second kappa shape index (κ2) is 10.0. The lowest BCUT2D eigenvalue weighted by Crippen LogP contribution is -2.49. The van der Waals surface area contributed by atoms with Gasteiger partial charge in [-0.1, -0.05) is 57.0 Å². The Kier molecular flexibility index (Phi) is 8.38. The number of unbranched alkanes of at least 4 members (excludes halogenated alkanes) is 1. The number of hydrogen-bond acceptors (Lipinski definition) is 2. The molecule has 0 heterocycles. The number of aryl methyl sites for hydroxylation is 1. The van der Waals surface area contributed by atoms with Gasteiger partial charge in [0.1, 0.15) is 6.04 Å². The molecule has 0 spiro atoms. The third kappa shape index (κ3) is 6.05. The Bertz CT molecular complexity index is 497. The third-order valence-electron chi connectivity index (χ3n) is 3.99. The zero-order valence-electron chi connectivity index (χ0n) is 14.9. The average molecular weight is 318 g/mol. The van der Waals surface area contributed by atoms with Crippen LogP contribution in [-0.4, -0.2) is 29.3 Å². The highest BCUT2D eigenvalue weighted by Gasteiger charge is 2.27. The number of carbonyl (C=O) groups excluding carboxylic acids is 2. The third-order valence-corrected chi connectivity index (χ3v) is 3.99. The first-order chi connectivity index (χ1) is 11.0. The van der Waals surface area contributed by atoms with Crippen LogP contribution >= 0.6 is 0 Å². The lowest BCUT2D eigenvalue weighted by atomic mass is 10.1. The molecule has 128 valence electrons. The summed E-state index contributed by atoms with van der Waals surface area (Å²) in [5.74, 6) is -0.0297. The van der Waals surface area contributed by atoms with E-state index < -0.39 is 6.04 Å². The zero-order valence-corrected chi connectivity index (χ0v) is 14.9. The van der Waals surface area contributed by atoms with E-state index in [1.54, 1.807) is 4.90 Å². The highest BCUT2D eigenvalue weighted by molar-refractivity contribution is 5.87. The van der Waals surface area contributed by atoms with Gasteiger partial charge in [0.25, 0.3) is 0 Å². The molecule has 1 atom stereocenters. The van der Waals surface area contributed by atoms with Crippen LogP contribution in [0.5, 0.6) is 0 Å². The van der Waals surface area contributed by atoms with Gasteiger partial charge in [-0.05, 0) is 25.3 Å². The Balaban J connectivity index is 2.86. The van der Waals surface area contributed by atoms with Crippen LogP contribution in [-0.2, 0) is 16.1 Å². The maximum atomic E-state index is 12.5. The number of rotatable bonds is 9. The number of benzene rings is 1. The molecule has 0 aromatic heterocycles. The van der Waals surface area contributed by atoms with Gasteiger partial charge in [-0.15, -0.1) is 0 Å². The van der Waals surface area contributed by atoms with E-state index in [0.29, 0.717) is 25.9 Å². The standard InChI is InChI=1S/C19H30N2O2/c1-5-8-13-20-19(23)17(6-2)21(18(22)7-3)14-16-11-9-15(4)10-12-16/h9-12,17H,5-8,13-14H2,1-4H3,(H,20,23). The molecule has 1 N–H and O–H groups in total. The summed E-state index contributed by atoms with van der Waals surface area (Å²) in [5.41, 5.74) is 2.24. The summed E-state index contributed by atoms with van der Waals surface area (Å²) in [4.78, 5) is 26.5. The molecule has 1 aromatic rings. The molecule has 0 aliphatic carbocycles. The molecule has 0 saturated heterocycles. The van der Waals surface area contributed by atoms with E-state index in [4.69, 9.17) is 0 Å². The van der Waals surface area contributed by atoms with Crippen molar-refractivity contribution in [1.29, 1.82) is 0 Å². The van der Waals surface area contributed by atoms with Crippen molar-refractivity contribution < 1.29 is 9.59 Å². The van der Waals surface area contributed by atoms with Crippen molar-refractivity contribution in [1.82, 2.24) is 10.2 Å². The fourth-order valence-electron chi connectivity index (χ4n) is 2.52. The normalized spacial score (nSPS) is 11.8. The van der Waals surface area contributed by atoms with Gasteiger partial charge in [-0.2, -0.15) is 0 Å². The minimum Gasteiger partial charge on any atom is -0.354 e. The lowest BCUT2D eigenvalue weighted by Gasteiger charge is -2.30. The number of hydrogen-bond donors (Lipinski definition) is 1. The lowest BCUT2D eigenvalue weighted by molar-refractivity contribution is -0.141. The summed E-state index contributed by atoms with van der Waals surface area (Å²) in [6, 6.07) is 7.71. The number of nitrogens with one attached hydrogen (secondary N) is 1. The Morgan fingerprint density at radius 3 is 2.30 bits per heavy atom. The van der Waals surface area contributed by atoms with Crippen LogP contribution in [0.3, 0.4) is 0 Å². The molecule has 1 unspecified atom stereocenters. The summed E-state index contributed by atoms with van der Waals surface area (Å²) in [6.07, 6.45) is 3.03. The van der Waals surface area contributed by atoms with Crippen molar-refractivity contribution in [2.75, 3.05) is 6.54 Å². The summed E-state index contributed by atoms with van der Waals surface area (Å²) >= 11 is 0. The average Bonchev–Trinajstić information content (AvgIpc) is 2.56. The molecule has 2 amide bonds.